The van der Waals surface area contributed by atoms with Gasteiger partial charge in [-0.15, -0.1) is 0 Å². The van der Waals surface area contributed by atoms with Crippen molar-refractivity contribution in [2.45, 2.75) is 13.0 Å². The summed E-state index contributed by atoms with van der Waals surface area (Å²) in [6.07, 6.45) is 1.10. The van der Waals surface area contributed by atoms with Crippen molar-refractivity contribution >= 4 is 21.4 Å². The van der Waals surface area contributed by atoms with Crippen LogP contribution < -0.4 is 10.6 Å². The standard InChI is InChI=1S/C12H18N2O3S/c1-13-9-10-5-3-4-6-11(10)14-12(15)7-8-18(2,16)17/h3-6,13H,7-9H2,1-2H3,(H,14,15). The molecule has 2 N–H and O–H groups in total. The van der Waals surface area contributed by atoms with Crippen LogP contribution in [0.4, 0.5) is 5.69 Å². The molecule has 0 saturated heterocycles. The van der Waals surface area contributed by atoms with Crippen molar-refractivity contribution in [1.82, 2.24) is 5.32 Å². The van der Waals surface area contributed by atoms with E-state index in [1.807, 2.05) is 25.2 Å². The Balaban J connectivity index is 2.64. The Morgan fingerprint density at radius 3 is 2.56 bits per heavy atom. The van der Waals surface area contributed by atoms with E-state index in [0.29, 0.717) is 12.2 Å². The SMILES string of the molecule is CNCc1ccccc1NC(=O)CCS(C)(=O)=O. The predicted molar refractivity (Wildman–Crippen MR) is 72.2 cm³/mol. The molecule has 0 heterocycles. The molecule has 0 atom stereocenters. The number of para-hydroxylation sites is 1. The van der Waals surface area contributed by atoms with Crippen LogP contribution in [0.15, 0.2) is 24.3 Å². The van der Waals surface area contributed by atoms with Crippen molar-refractivity contribution < 1.29 is 13.2 Å². The highest BCUT2D eigenvalue weighted by atomic mass is 32.2. The van der Waals surface area contributed by atoms with E-state index < -0.39 is 9.84 Å². The zero-order valence-electron chi connectivity index (χ0n) is 10.6. The lowest BCUT2D eigenvalue weighted by atomic mass is 10.1. The van der Waals surface area contributed by atoms with E-state index in [1.165, 1.54) is 0 Å². The minimum absolute atomic E-state index is 0.0211. The molecule has 1 aromatic rings. The molecule has 0 unspecified atom stereocenters. The van der Waals surface area contributed by atoms with Gasteiger partial charge in [0.15, 0.2) is 0 Å². The third kappa shape index (κ3) is 5.29. The van der Waals surface area contributed by atoms with Crippen molar-refractivity contribution in [3.05, 3.63) is 29.8 Å². The lowest BCUT2D eigenvalue weighted by Crippen LogP contribution is -2.18. The number of hydrogen-bond acceptors (Lipinski definition) is 4. The fourth-order valence-corrected chi connectivity index (χ4v) is 2.03. The van der Waals surface area contributed by atoms with Crippen LogP contribution in [0.2, 0.25) is 0 Å². The van der Waals surface area contributed by atoms with Gasteiger partial charge >= 0.3 is 0 Å². The van der Waals surface area contributed by atoms with E-state index in [4.69, 9.17) is 0 Å². The van der Waals surface area contributed by atoms with Gasteiger partial charge in [-0.25, -0.2) is 8.42 Å². The largest absolute Gasteiger partial charge is 0.326 e. The van der Waals surface area contributed by atoms with Crippen LogP contribution >= 0.6 is 0 Å². The monoisotopic (exact) mass is 270 g/mol. The zero-order valence-corrected chi connectivity index (χ0v) is 11.4. The molecule has 0 aliphatic rings. The maximum atomic E-state index is 11.6. The topological polar surface area (TPSA) is 75.3 Å². The summed E-state index contributed by atoms with van der Waals surface area (Å²) in [4.78, 5) is 11.6. The Morgan fingerprint density at radius 1 is 1.28 bits per heavy atom. The first kappa shape index (κ1) is 14.7. The second-order valence-electron chi connectivity index (χ2n) is 4.12. The zero-order chi connectivity index (χ0) is 13.6. The highest BCUT2D eigenvalue weighted by Gasteiger charge is 2.09. The minimum atomic E-state index is -3.10. The molecule has 0 radical (unpaired) electrons. The molecule has 0 saturated carbocycles. The Kier molecular flexibility index (Phi) is 5.30. The molecule has 0 aromatic heterocycles. The Labute approximate surface area is 108 Å². The van der Waals surface area contributed by atoms with Crippen LogP contribution in [-0.4, -0.2) is 33.4 Å². The molecule has 0 aliphatic heterocycles. The van der Waals surface area contributed by atoms with Gasteiger partial charge in [-0.1, -0.05) is 18.2 Å². The molecule has 1 aromatic carbocycles. The van der Waals surface area contributed by atoms with Gasteiger partial charge in [0.2, 0.25) is 5.91 Å². The summed E-state index contributed by atoms with van der Waals surface area (Å²) in [7, 11) is -1.28. The molecule has 1 rings (SSSR count). The number of rotatable bonds is 6. The summed E-state index contributed by atoms with van der Waals surface area (Å²) in [6.45, 7) is 0.641. The average Bonchev–Trinajstić information content (AvgIpc) is 2.29. The number of hydrogen-bond donors (Lipinski definition) is 2. The van der Waals surface area contributed by atoms with Crippen LogP contribution in [-0.2, 0) is 21.2 Å². The molecule has 0 spiro atoms. The summed E-state index contributed by atoms with van der Waals surface area (Å²) in [5.74, 6) is -0.420. The maximum Gasteiger partial charge on any atom is 0.225 e. The third-order valence-electron chi connectivity index (χ3n) is 2.36. The summed E-state index contributed by atoms with van der Waals surface area (Å²) < 4.78 is 21.9. The van der Waals surface area contributed by atoms with Crippen molar-refractivity contribution in [3.8, 4) is 0 Å². The number of amides is 1. The number of benzene rings is 1. The van der Waals surface area contributed by atoms with Crippen LogP contribution in [0.3, 0.4) is 0 Å². The molecule has 1 amide bonds. The van der Waals surface area contributed by atoms with Crippen LogP contribution in [0.1, 0.15) is 12.0 Å². The smallest absolute Gasteiger partial charge is 0.225 e. The molecule has 0 fully saturated rings. The van der Waals surface area contributed by atoms with Crippen LogP contribution in [0, 0.1) is 0 Å². The predicted octanol–water partition coefficient (Wildman–Crippen LogP) is 0.779. The molecular formula is C12H18N2O3S. The molecule has 18 heavy (non-hydrogen) atoms. The summed E-state index contributed by atoms with van der Waals surface area (Å²) in [5.41, 5.74) is 1.68. The van der Waals surface area contributed by atoms with E-state index >= 15 is 0 Å². The molecular weight excluding hydrogens is 252 g/mol. The lowest BCUT2D eigenvalue weighted by Gasteiger charge is -2.10. The Hall–Kier alpha value is -1.40. The average molecular weight is 270 g/mol. The van der Waals surface area contributed by atoms with Gasteiger partial charge in [-0.05, 0) is 18.7 Å². The quantitative estimate of drug-likeness (QED) is 0.801. The number of sulfone groups is 1. The van der Waals surface area contributed by atoms with E-state index in [1.54, 1.807) is 6.07 Å². The molecule has 0 bridgehead atoms. The Morgan fingerprint density at radius 2 is 1.94 bits per heavy atom. The van der Waals surface area contributed by atoms with Crippen LogP contribution in [0.25, 0.3) is 0 Å². The third-order valence-corrected chi connectivity index (χ3v) is 3.30. The second-order valence-corrected chi connectivity index (χ2v) is 6.38. The van der Waals surface area contributed by atoms with Crippen LogP contribution in [0.5, 0.6) is 0 Å². The van der Waals surface area contributed by atoms with E-state index in [2.05, 4.69) is 10.6 Å². The first-order valence-electron chi connectivity index (χ1n) is 5.62. The van der Waals surface area contributed by atoms with Gasteiger partial charge < -0.3 is 10.6 Å². The molecule has 6 heteroatoms. The summed E-state index contributed by atoms with van der Waals surface area (Å²) in [5, 5.41) is 5.73. The van der Waals surface area contributed by atoms with Crippen molar-refractivity contribution in [2.75, 3.05) is 24.4 Å². The van der Waals surface area contributed by atoms with E-state index in [9.17, 15) is 13.2 Å². The normalized spacial score (nSPS) is 11.2. The van der Waals surface area contributed by atoms with Gasteiger partial charge in [-0.3, -0.25) is 4.79 Å². The first-order chi connectivity index (χ1) is 8.42. The van der Waals surface area contributed by atoms with Gasteiger partial charge in [0, 0.05) is 24.9 Å². The first-order valence-corrected chi connectivity index (χ1v) is 7.68. The maximum absolute atomic E-state index is 11.6. The summed E-state index contributed by atoms with van der Waals surface area (Å²) in [6, 6.07) is 7.41. The number of carbonyl (C=O) groups excluding carboxylic acids is 1. The lowest BCUT2D eigenvalue weighted by molar-refractivity contribution is -0.115. The van der Waals surface area contributed by atoms with Gasteiger partial charge in [-0.2, -0.15) is 0 Å². The highest BCUT2D eigenvalue weighted by molar-refractivity contribution is 7.90. The number of nitrogens with one attached hydrogen (secondary N) is 2. The fraction of sp³-hybridized carbons (Fsp3) is 0.417. The van der Waals surface area contributed by atoms with Crippen molar-refractivity contribution in [1.29, 1.82) is 0 Å². The molecule has 5 nitrogen and oxygen atoms in total. The van der Waals surface area contributed by atoms with Crippen molar-refractivity contribution in [2.24, 2.45) is 0 Å². The van der Waals surface area contributed by atoms with Gasteiger partial charge in [0.05, 0.1) is 5.75 Å². The van der Waals surface area contributed by atoms with E-state index in [0.717, 1.165) is 11.8 Å². The van der Waals surface area contributed by atoms with Gasteiger partial charge in [0.25, 0.3) is 0 Å². The Bertz CT molecular complexity index is 512. The minimum Gasteiger partial charge on any atom is -0.326 e. The number of anilines is 1. The molecule has 0 aliphatic carbocycles. The van der Waals surface area contributed by atoms with Gasteiger partial charge in [0.1, 0.15) is 9.84 Å². The summed E-state index contributed by atoms with van der Waals surface area (Å²) >= 11 is 0. The fourth-order valence-electron chi connectivity index (χ4n) is 1.48. The number of carbonyl (C=O) groups is 1. The molecule has 100 valence electrons. The van der Waals surface area contributed by atoms with E-state index in [-0.39, 0.29) is 18.1 Å². The second kappa shape index (κ2) is 6.51. The van der Waals surface area contributed by atoms with Crippen molar-refractivity contribution in [3.63, 3.8) is 0 Å². The highest BCUT2D eigenvalue weighted by Crippen LogP contribution is 2.14.